The minimum absolute atomic E-state index is 0.0401. The molecule has 102 valence electrons. The molecule has 2 rings (SSSR count). The van der Waals surface area contributed by atoms with Crippen LogP contribution in [0.5, 0.6) is 0 Å². The largest absolute Gasteiger partial charge is 0.335 e. The molecule has 0 radical (unpaired) electrons. The molecule has 0 N–H and O–H groups in total. The Morgan fingerprint density at radius 1 is 1.42 bits per heavy atom. The molecule has 0 spiro atoms. The van der Waals surface area contributed by atoms with Gasteiger partial charge in [-0.1, -0.05) is 36.5 Å². The van der Waals surface area contributed by atoms with Crippen LogP contribution in [0.2, 0.25) is 10.0 Å². The summed E-state index contributed by atoms with van der Waals surface area (Å²) in [7, 11) is 0. The Morgan fingerprint density at radius 3 is 2.79 bits per heavy atom. The number of halogens is 2. The van der Waals surface area contributed by atoms with E-state index in [1.165, 1.54) is 0 Å². The van der Waals surface area contributed by atoms with Crippen LogP contribution in [0.1, 0.15) is 30.1 Å². The minimum atomic E-state index is -0.169. The van der Waals surface area contributed by atoms with E-state index >= 15 is 0 Å². The number of ketones is 1. The molecule has 0 aromatic heterocycles. The third kappa shape index (κ3) is 3.28. The van der Waals surface area contributed by atoms with E-state index in [0.717, 1.165) is 6.42 Å². The molecule has 1 aromatic carbocycles. The predicted molar refractivity (Wildman–Crippen MR) is 75.8 cm³/mol. The Hall–Kier alpha value is -1.06. The van der Waals surface area contributed by atoms with Crippen molar-refractivity contribution in [3.8, 4) is 0 Å². The first-order valence-corrected chi connectivity index (χ1v) is 7.03. The topological polar surface area (TPSA) is 37.4 Å². The summed E-state index contributed by atoms with van der Waals surface area (Å²) in [4.78, 5) is 25.6. The van der Waals surface area contributed by atoms with Crippen LogP contribution in [0, 0.1) is 5.92 Å². The average Bonchev–Trinajstić information content (AvgIpc) is 2.73. The van der Waals surface area contributed by atoms with Gasteiger partial charge < -0.3 is 4.90 Å². The van der Waals surface area contributed by atoms with E-state index in [2.05, 4.69) is 6.92 Å². The van der Waals surface area contributed by atoms with Crippen molar-refractivity contribution in [1.82, 2.24) is 4.90 Å². The van der Waals surface area contributed by atoms with E-state index in [1.54, 1.807) is 23.1 Å². The molecule has 19 heavy (non-hydrogen) atoms. The lowest BCUT2D eigenvalue weighted by Gasteiger charge is -2.16. The number of benzene rings is 1. The van der Waals surface area contributed by atoms with Crippen molar-refractivity contribution < 1.29 is 9.59 Å². The third-order valence-electron chi connectivity index (χ3n) is 3.44. The van der Waals surface area contributed by atoms with Gasteiger partial charge in [-0.3, -0.25) is 9.59 Å². The average molecular weight is 300 g/mol. The molecular weight excluding hydrogens is 285 g/mol. The maximum Gasteiger partial charge on any atom is 0.223 e. The number of likely N-dealkylation sites (tertiary alicyclic amines) is 1. The summed E-state index contributed by atoms with van der Waals surface area (Å²) in [6.45, 7) is 2.78. The van der Waals surface area contributed by atoms with Crippen molar-refractivity contribution in [2.75, 3.05) is 13.1 Å². The third-order valence-corrected chi connectivity index (χ3v) is 4.00. The Bertz CT molecular complexity index is 516. The number of Topliss-reactive ketones (excluding diaryl/α,β-unsaturated/α-hetero) is 1. The molecule has 1 aromatic rings. The normalized spacial score (nSPS) is 19.0. The zero-order chi connectivity index (χ0) is 14.0. The maximum atomic E-state index is 12.2. The van der Waals surface area contributed by atoms with Crippen molar-refractivity contribution in [2.45, 2.75) is 19.8 Å². The molecule has 0 aliphatic carbocycles. The second-order valence-corrected chi connectivity index (χ2v) is 5.64. The molecule has 1 unspecified atom stereocenters. The summed E-state index contributed by atoms with van der Waals surface area (Å²) >= 11 is 11.8. The Morgan fingerprint density at radius 2 is 2.16 bits per heavy atom. The molecule has 0 saturated carbocycles. The van der Waals surface area contributed by atoms with Gasteiger partial charge >= 0.3 is 0 Å². The van der Waals surface area contributed by atoms with E-state index < -0.39 is 0 Å². The zero-order valence-electron chi connectivity index (χ0n) is 10.7. The van der Waals surface area contributed by atoms with Gasteiger partial charge in [0.1, 0.15) is 0 Å². The number of carbonyl (C=O) groups is 2. The molecule has 3 nitrogen and oxygen atoms in total. The van der Waals surface area contributed by atoms with E-state index in [9.17, 15) is 9.59 Å². The van der Waals surface area contributed by atoms with Crippen molar-refractivity contribution in [2.24, 2.45) is 5.92 Å². The van der Waals surface area contributed by atoms with Crippen LogP contribution < -0.4 is 0 Å². The second-order valence-electron chi connectivity index (χ2n) is 4.80. The highest BCUT2D eigenvalue weighted by molar-refractivity contribution is 6.36. The molecule has 1 aliphatic rings. The molecule has 1 heterocycles. The lowest BCUT2D eigenvalue weighted by Crippen LogP contribution is -2.31. The van der Waals surface area contributed by atoms with Crippen LogP contribution in [0.4, 0.5) is 0 Å². The van der Waals surface area contributed by atoms with Gasteiger partial charge in [-0.05, 0) is 24.1 Å². The van der Waals surface area contributed by atoms with E-state index in [1.807, 2.05) is 0 Å². The quantitative estimate of drug-likeness (QED) is 0.799. The van der Waals surface area contributed by atoms with E-state index in [0.29, 0.717) is 34.5 Å². The van der Waals surface area contributed by atoms with Gasteiger partial charge in [-0.25, -0.2) is 0 Å². The summed E-state index contributed by atoms with van der Waals surface area (Å²) in [6, 6.07) is 4.77. The van der Waals surface area contributed by atoms with E-state index in [4.69, 9.17) is 23.2 Å². The fourth-order valence-electron chi connectivity index (χ4n) is 2.25. The Labute approximate surface area is 122 Å². The molecular formula is C14H15Cl2NO2. The van der Waals surface area contributed by atoms with Crippen LogP contribution in [0.25, 0.3) is 0 Å². The molecule has 1 atom stereocenters. The lowest BCUT2D eigenvalue weighted by molar-refractivity contribution is -0.127. The molecule has 1 fully saturated rings. The lowest BCUT2D eigenvalue weighted by atomic mass is 10.1. The highest BCUT2D eigenvalue weighted by Gasteiger charge is 2.30. The van der Waals surface area contributed by atoms with Crippen LogP contribution in [-0.4, -0.2) is 29.7 Å². The fraction of sp³-hybridized carbons (Fsp3) is 0.429. The van der Waals surface area contributed by atoms with Crippen molar-refractivity contribution in [3.05, 3.63) is 33.8 Å². The predicted octanol–water partition coefficient (Wildman–Crippen LogP) is 3.43. The van der Waals surface area contributed by atoms with Crippen molar-refractivity contribution in [1.29, 1.82) is 0 Å². The van der Waals surface area contributed by atoms with E-state index in [-0.39, 0.29) is 18.2 Å². The summed E-state index contributed by atoms with van der Waals surface area (Å²) in [5.41, 5.74) is 0.377. The molecule has 0 bridgehead atoms. The van der Waals surface area contributed by atoms with Gasteiger partial charge in [0.2, 0.25) is 5.91 Å². The maximum absolute atomic E-state index is 12.2. The highest BCUT2D eigenvalue weighted by Crippen LogP contribution is 2.24. The van der Waals surface area contributed by atoms with Gasteiger partial charge in [-0.2, -0.15) is 0 Å². The number of carbonyl (C=O) groups excluding carboxylic acids is 2. The summed E-state index contributed by atoms with van der Waals surface area (Å²) in [6.07, 6.45) is 1.49. The SMILES string of the molecule is CCC1CC(=O)N(CC(=O)c2cc(Cl)ccc2Cl)C1. The molecule has 1 aliphatic heterocycles. The minimum Gasteiger partial charge on any atom is -0.335 e. The van der Waals surface area contributed by atoms with Crippen molar-refractivity contribution in [3.63, 3.8) is 0 Å². The molecule has 5 heteroatoms. The van der Waals surface area contributed by atoms with Crippen LogP contribution in [0.3, 0.4) is 0 Å². The van der Waals surface area contributed by atoms with Gasteiger partial charge in [0.05, 0.1) is 11.6 Å². The Balaban J connectivity index is 2.09. The number of nitrogens with zero attached hydrogens (tertiary/aromatic N) is 1. The first-order valence-electron chi connectivity index (χ1n) is 6.27. The van der Waals surface area contributed by atoms with Crippen molar-refractivity contribution >= 4 is 34.9 Å². The van der Waals surface area contributed by atoms with Crippen LogP contribution >= 0.6 is 23.2 Å². The summed E-state index contributed by atoms with van der Waals surface area (Å²) < 4.78 is 0. The molecule has 1 amide bonds. The zero-order valence-corrected chi connectivity index (χ0v) is 12.2. The fourth-order valence-corrected chi connectivity index (χ4v) is 2.64. The number of amides is 1. The van der Waals surface area contributed by atoms with Gasteiger partial charge in [0, 0.05) is 23.6 Å². The summed E-state index contributed by atoms with van der Waals surface area (Å²) in [5.74, 6) is 0.228. The van der Waals surface area contributed by atoms with Crippen LogP contribution in [0.15, 0.2) is 18.2 Å². The second kappa shape index (κ2) is 5.93. The number of hydrogen-bond donors (Lipinski definition) is 0. The first kappa shape index (κ1) is 14.4. The summed E-state index contributed by atoms with van der Waals surface area (Å²) in [5, 5.41) is 0.833. The number of rotatable bonds is 4. The standard InChI is InChI=1S/C14H15Cl2NO2/c1-2-9-5-14(19)17(7-9)8-13(18)11-6-10(15)3-4-12(11)16/h3-4,6,9H,2,5,7-8H2,1H3. The van der Waals surface area contributed by atoms with Crippen LogP contribution in [-0.2, 0) is 4.79 Å². The van der Waals surface area contributed by atoms with Gasteiger partial charge in [0.15, 0.2) is 5.78 Å². The van der Waals surface area contributed by atoms with Gasteiger partial charge in [-0.15, -0.1) is 0 Å². The smallest absolute Gasteiger partial charge is 0.223 e. The van der Waals surface area contributed by atoms with Gasteiger partial charge in [0.25, 0.3) is 0 Å². The highest BCUT2D eigenvalue weighted by atomic mass is 35.5. The Kier molecular flexibility index (Phi) is 4.48. The monoisotopic (exact) mass is 299 g/mol. The number of hydrogen-bond acceptors (Lipinski definition) is 2. The first-order chi connectivity index (χ1) is 9.01. The molecule has 1 saturated heterocycles.